The summed E-state index contributed by atoms with van der Waals surface area (Å²) in [5, 5.41) is 0.504. The highest BCUT2D eigenvalue weighted by molar-refractivity contribution is 7.89. The van der Waals surface area contributed by atoms with Crippen LogP contribution in [-0.4, -0.2) is 41.2 Å². The molecule has 1 saturated heterocycles. The molecule has 7 nitrogen and oxygen atoms in total. The summed E-state index contributed by atoms with van der Waals surface area (Å²) < 4.78 is 42.5. The van der Waals surface area contributed by atoms with Crippen molar-refractivity contribution in [1.82, 2.24) is 14.3 Å². The number of pyridine rings is 1. The van der Waals surface area contributed by atoms with E-state index in [0.29, 0.717) is 23.7 Å². The molecule has 1 aliphatic heterocycles. The lowest BCUT2D eigenvalue weighted by Crippen LogP contribution is -2.47. The monoisotopic (exact) mass is 524 g/mol. The average molecular weight is 525 g/mol. The minimum Gasteiger partial charge on any atom is -0.281 e. The van der Waals surface area contributed by atoms with Crippen molar-refractivity contribution in [3.63, 3.8) is 0 Å². The van der Waals surface area contributed by atoms with Crippen LogP contribution in [0.3, 0.4) is 0 Å². The number of aromatic nitrogens is 2. The van der Waals surface area contributed by atoms with E-state index in [1.54, 1.807) is 17.2 Å². The number of thiazole rings is 1. The number of anilines is 1. The molecule has 1 fully saturated rings. The van der Waals surface area contributed by atoms with E-state index in [9.17, 15) is 17.6 Å². The molecule has 2 aromatic carbocycles. The molecule has 4 aromatic rings. The molecule has 186 valence electrons. The number of hydrogen-bond acceptors (Lipinski definition) is 6. The third-order valence-corrected chi connectivity index (χ3v) is 9.52. The highest BCUT2D eigenvalue weighted by atomic mass is 32.2. The molecule has 0 radical (unpaired) electrons. The van der Waals surface area contributed by atoms with Crippen LogP contribution in [0.15, 0.2) is 65.7 Å². The number of nitrogens with zero attached hydrogens (tertiary/aromatic N) is 4. The fraction of sp³-hybridized carbons (Fsp3) is 0.269. The molecule has 5 rings (SSSR count). The first-order chi connectivity index (χ1) is 17.3. The summed E-state index contributed by atoms with van der Waals surface area (Å²) in [6.45, 7) is 4.36. The van der Waals surface area contributed by atoms with Crippen molar-refractivity contribution < 1.29 is 17.6 Å². The zero-order valence-corrected chi connectivity index (χ0v) is 21.5. The minimum atomic E-state index is -3.99. The van der Waals surface area contributed by atoms with Crippen molar-refractivity contribution in [2.75, 3.05) is 11.4 Å². The molecule has 0 saturated carbocycles. The largest absolute Gasteiger partial charge is 0.281 e. The first-order valence-corrected chi connectivity index (χ1v) is 13.9. The Hall–Kier alpha value is -3.21. The number of rotatable bonds is 6. The molecular formula is C26H25FN4O3S2. The molecular weight excluding hydrogens is 499 g/mol. The van der Waals surface area contributed by atoms with Gasteiger partial charge in [0.25, 0.3) is 0 Å². The molecule has 10 heteroatoms. The zero-order valence-electron chi connectivity index (χ0n) is 19.9. The van der Waals surface area contributed by atoms with Gasteiger partial charge in [-0.1, -0.05) is 29.5 Å². The number of carbonyl (C=O) groups excluding carboxylic acids is 1. The van der Waals surface area contributed by atoms with Gasteiger partial charge >= 0.3 is 0 Å². The van der Waals surface area contributed by atoms with Crippen LogP contribution in [0, 0.1) is 19.7 Å². The Balaban J connectivity index is 1.55. The standard InChI is InChI=1S/C26H25FN4O3S2/c1-17-8-9-18(2)24-23(17)29-26(35-24)30(16-20-6-3-4-14-28-20)25(32)22-7-5-15-31(22)36(33,34)21-12-10-19(27)11-13-21/h3-4,6,8-14,22H,5,7,15-16H2,1-2H3. The molecule has 36 heavy (non-hydrogen) atoms. The fourth-order valence-corrected chi connectivity index (χ4v) is 7.22. The van der Waals surface area contributed by atoms with Crippen LogP contribution in [0.4, 0.5) is 9.52 Å². The smallest absolute Gasteiger partial charge is 0.247 e. The van der Waals surface area contributed by atoms with Crippen molar-refractivity contribution in [1.29, 1.82) is 0 Å². The van der Waals surface area contributed by atoms with Crippen LogP contribution >= 0.6 is 11.3 Å². The van der Waals surface area contributed by atoms with E-state index in [1.165, 1.54) is 27.8 Å². The van der Waals surface area contributed by atoms with Gasteiger partial charge in [-0.15, -0.1) is 0 Å². The van der Waals surface area contributed by atoms with E-state index in [0.717, 1.165) is 33.5 Å². The summed E-state index contributed by atoms with van der Waals surface area (Å²) in [7, 11) is -3.99. The van der Waals surface area contributed by atoms with Gasteiger partial charge in [0.05, 0.1) is 27.4 Å². The zero-order chi connectivity index (χ0) is 25.4. The van der Waals surface area contributed by atoms with Gasteiger partial charge in [0, 0.05) is 12.7 Å². The van der Waals surface area contributed by atoms with Gasteiger partial charge in [0.1, 0.15) is 11.9 Å². The van der Waals surface area contributed by atoms with E-state index in [4.69, 9.17) is 4.98 Å². The first-order valence-electron chi connectivity index (χ1n) is 11.6. The van der Waals surface area contributed by atoms with Gasteiger partial charge in [-0.25, -0.2) is 17.8 Å². The third-order valence-electron chi connectivity index (χ3n) is 6.38. The predicted molar refractivity (Wildman–Crippen MR) is 138 cm³/mol. The SMILES string of the molecule is Cc1ccc(C)c2sc(N(Cc3ccccn3)C(=O)C3CCCN3S(=O)(=O)c3ccc(F)cc3)nc12. The van der Waals surface area contributed by atoms with Gasteiger partial charge in [-0.2, -0.15) is 4.31 Å². The Morgan fingerprint density at radius 3 is 2.56 bits per heavy atom. The lowest BCUT2D eigenvalue weighted by molar-refractivity contribution is -0.121. The second-order valence-electron chi connectivity index (χ2n) is 8.85. The first kappa shape index (κ1) is 24.5. The van der Waals surface area contributed by atoms with Crippen LogP contribution in [-0.2, 0) is 21.4 Å². The second kappa shape index (κ2) is 9.68. The summed E-state index contributed by atoms with van der Waals surface area (Å²) >= 11 is 1.42. The molecule has 1 aliphatic rings. The van der Waals surface area contributed by atoms with Crippen molar-refractivity contribution >= 4 is 42.6 Å². The van der Waals surface area contributed by atoms with Crippen molar-refractivity contribution in [3.05, 3.63) is 83.4 Å². The molecule has 3 heterocycles. The molecule has 0 N–H and O–H groups in total. The maximum atomic E-state index is 14.0. The number of fused-ring (bicyclic) bond motifs is 1. The third kappa shape index (κ3) is 4.52. The lowest BCUT2D eigenvalue weighted by atomic mass is 10.1. The Kier molecular flexibility index (Phi) is 6.59. The van der Waals surface area contributed by atoms with Crippen LogP contribution < -0.4 is 4.90 Å². The summed E-state index contributed by atoms with van der Waals surface area (Å²) in [6, 6.07) is 13.3. The summed E-state index contributed by atoms with van der Waals surface area (Å²) in [6.07, 6.45) is 2.60. The minimum absolute atomic E-state index is 0.0360. The maximum Gasteiger partial charge on any atom is 0.247 e. The van der Waals surface area contributed by atoms with Gasteiger partial charge < -0.3 is 0 Å². The Morgan fingerprint density at radius 2 is 1.86 bits per heavy atom. The molecule has 0 aliphatic carbocycles. The maximum absolute atomic E-state index is 14.0. The van der Waals surface area contributed by atoms with Crippen LogP contribution in [0.2, 0.25) is 0 Å². The second-order valence-corrected chi connectivity index (χ2v) is 11.7. The number of carbonyl (C=O) groups is 1. The van der Waals surface area contributed by atoms with Crippen molar-refractivity contribution in [2.24, 2.45) is 0 Å². The number of benzene rings is 2. The van der Waals surface area contributed by atoms with Crippen LogP contribution in [0.25, 0.3) is 10.2 Å². The average Bonchev–Trinajstić information content (AvgIpc) is 3.54. The molecule has 1 atom stereocenters. The van der Waals surface area contributed by atoms with E-state index >= 15 is 0 Å². The normalized spacial score (nSPS) is 16.5. The molecule has 1 unspecified atom stereocenters. The Bertz CT molecular complexity index is 1480. The highest BCUT2D eigenvalue weighted by Gasteiger charge is 2.42. The quantitative estimate of drug-likeness (QED) is 0.361. The molecule has 2 aromatic heterocycles. The van der Waals surface area contributed by atoms with Crippen LogP contribution in [0.1, 0.15) is 29.7 Å². The lowest BCUT2D eigenvalue weighted by Gasteiger charge is -2.28. The number of halogens is 1. The summed E-state index contributed by atoms with van der Waals surface area (Å²) in [5.74, 6) is -0.871. The van der Waals surface area contributed by atoms with Crippen molar-refractivity contribution in [2.45, 2.75) is 44.2 Å². The summed E-state index contributed by atoms with van der Waals surface area (Å²) in [4.78, 5) is 24.7. The van der Waals surface area contributed by atoms with E-state index in [1.807, 2.05) is 38.1 Å². The molecule has 1 amide bonds. The van der Waals surface area contributed by atoms with Gasteiger partial charge in [0.2, 0.25) is 15.9 Å². The summed E-state index contributed by atoms with van der Waals surface area (Å²) in [5.41, 5.74) is 3.57. The molecule has 0 bridgehead atoms. The van der Waals surface area contributed by atoms with Gasteiger partial charge in [-0.3, -0.25) is 14.7 Å². The highest BCUT2D eigenvalue weighted by Crippen LogP contribution is 2.36. The van der Waals surface area contributed by atoms with Crippen LogP contribution in [0.5, 0.6) is 0 Å². The van der Waals surface area contributed by atoms with Crippen molar-refractivity contribution in [3.8, 4) is 0 Å². The Morgan fingerprint density at radius 1 is 1.11 bits per heavy atom. The van der Waals surface area contributed by atoms with Gasteiger partial charge in [0.15, 0.2) is 5.13 Å². The van der Waals surface area contributed by atoms with E-state index in [-0.39, 0.29) is 23.9 Å². The fourth-order valence-electron chi connectivity index (χ4n) is 4.45. The molecule has 0 spiro atoms. The number of sulfonamides is 1. The van der Waals surface area contributed by atoms with Gasteiger partial charge in [-0.05, 0) is 74.2 Å². The number of amides is 1. The van der Waals surface area contributed by atoms with E-state index in [2.05, 4.69) is 4.98 Å². The topological polar surface area (TPSA) is 83.5 Å². The Labute approximate surface area is 213 Å². The van der Waals surface area contributed by atoms with E-state index < -0.39 is 21.9 Å². The number of hydrogen-bond donors (Lipinski definition) is 0. The number of aryl methyl sites for hydroxylation is 2. The predicted octanol–water partition coefficient (Wildman–Crippen LogP) is 4.83.